The summed E-state index contributed by atoms with van der Waals surface area (Å²) in [5.74, 6) is -1.17. The van der Waals surface area contributed by atoms with Crippen LogP contribution in [-0.4, -0.2) is 30.3 Å². The van der Waals surface area contributed by atoms with Gasteiger partial charge in [0, 0.05) is 29.0 Å². The van der Waals surface area contributed by atoms with E-state index in [9.17, 15) is 27.1 Å². The zero-order chi connectivity index (χ0) is 34.0. The summed E-state index contributed by atoms with van der Waals surface area (Å²) in [5, 5.41) is 21.4. The van der Waals surface area contributed by atoms with Crippen molar-refractivity contribution < 1.29 is 43.3 Å². The molecule has 14 heteroatoms. The van der Waals surface area contributed by atoms with Gasteiger partial charge in [0.25, 0.3) is 0 Å². The molecule has 0 aliphatic carbocycles. The number of rotatable bonds is 8. The van der Waals surface area contributed by atoms with Crippen molar-refractivity contribution in [2.45, 2.75) is 30.8 Å². The maximum Gasteiger partial charge on any atom is 0.416 e. The van der Waals surface area contributed by atoms with Crippen LogP contribution in [0.3, 0.4) is 0 Å². The number of tetrazole rings is 1. The SMILES string of the molecule is [2H]C([2H])(Oc1ccc(C#Cc2ccc(C(F)(F)[C@](O)(Cn3cnnn3)c3ccc(F)cc3F)nc2)cc1)c1ccc(C(F)(F)F)cc1. The van der Waals surface area contributed by atoms with Gasteiger partial charge in [0.15, 0.2) is 5.60 Å². The van der Waals surface area contributed by atoms with Crippen molar-refractivity contribution in [2.75, 3.05) is 0 Å². The summed E-state index contributed by atoms with van der Waals surface area (Å²) in [6.45, 7) is -3.46. The molecule has 0 radical (unpaired) electrons. The smallest absolute Gasteiger partial charge is 0.416 e. The molecule has 1 N–H and O–H groups in total. The van der Waals surface area contributed by atoms with Crippen LogP contribution in [0.5, 0.6) is 5.75 Å². The number of aliphatic hydroxyl groups is 1. The molecule has 0 unspecified atom stereocenters. The van der Waals surface area contributed by atoms with Crippen LogP contribution in [0, 0.1) is 23.5 Å². The standard InChI is InChI=1S/C31H20F7N5O2/c32-24-10-13-26(27(33)15-24)29(44,18-43-19-40-41-42-43)30(34,35)28-14-7-21(16-39-28)2-1-20-5-11-25(12-6-20)45-17-22-3-8-23(9-4-22)31(36,37)38/h3-16,19,44H,17-18H2/t29-/m0/s1/i17D2. The minimum atomic E-state index is -4.57. The predicted molar refractivity (Wildman–Crippen MR) is 144 cm³/mol. The highest BCUT2D eigenvalue weighted by Gasteiger charge is 2.58. The summed E-state index contributed by atoms with van der Waals surface area (Å²) in [6, 6.07) is 13.0. The molecule has 5 rings (SSSR count). The largest absolute Gasteiger partial charge is 0.489 e. The first-order valence-corrected chi connectivity index (χ1v) is 12.8. The summed E-state index contributed by atoms with van der Waals surface area (Å²) in [4.78, 5) is 3.74. The second-order valence-electron chi connectivity index (χ2n) is 9.55. The first kappa shape index (κ1) is 28.5. The maximum atomic E-state index is 15.9. The lowest BCUT2D eigenvalue weighted by molar-refractivity contribution is -0.207. The van der Waals surface area contributed by atoms with E-state index >= 15 is 8.78 Å². The summed E-state index contributed by atoms with van der Waals surface area (Å²) in [5.41, 5.74) is -5.64. The van der Waals surface area contributed by atoms with Gasteiger partial charge in [-0.3, -0.25) is 4.98 Å². The number of hydrogen-bond acceptors (Lipinski definition) is 6. The topological polar surface area (TPSA) is 86.0 Å². The minimum absolute atomic E-state index is 0.0560. The maximum absolute atomic E-state index is 15.9. The molecular formula is C31H20F7N5O2. The first-order valence-electron chi connectivity index (χ1n) is 13.8. The van der Waals surface area contributed by atoms with Crippen LogP contribution < -0.4 is 4.74 Å². The molecule has 2 aromatic heterocycles. The van der Waals surface area contributed by atoms with Crippen molar-refractivity contribution in [1.82, 2.24) is 25.2 Å². The molecule has 0 amide bonds. The minimum Gasteiger partial charge on any atom is -0.489 e. The monoisotopic (exact) mass is 629 g/mol. The molecular weight excluding hydrogens is 607 g/mol. The molecule has 0 saturated carbocycles. The van der Waals surface area contributed by atoms with Crippen molar-refractivity contribution in [1.29, 1.82) is 0 Å². The van der Waals surface area contributed by atoms with Gasteiger partial charge in [-0.15, -0.1) is 5.10 Å². The molecule has 3 aromatic carbocycles. The number of ether oxygens (including phenoxy) is 1. The van der Waals surface area contributed by atoms with Crippen LogP contribution >= 0.6 is 0 Å². The summed E-state index contributed by atoms with van der Waals surface area (Å²) in [6.07, 6.45) is -2.63. The Morgan fingerprint density at radius 3 is 2.16 bits per heavy atom. The number of aromatic nitrogens is 5. The van der Waals surface area contributed by atoms with E-state index in [4.69, 9.17) is 7.48 Å². The van der Waals surface area contributed by atoms with E-state index < -0.39 is 59.3 Å². The van der Waals surface area contributed by atoms with Crippen LogP contribution in [0.25, 0.3) is 0 Å². The summed E-state index contributed by atoms with van der Waals surface area (Å²) >= 11 is 0. The van der Waals surface area contributed by atoms with E-state index in [-0.39, 0.29) is 16.9 Å². The zero-order valence-electron chi connectivity index (χ0n) is 24.6. The Balaban J connectivity index is 1.32. The van der Waals surface area contributed by atoms with Crippen LogP contribution in [0.15, 0.2) is 91.4 Å². The Labute approximate surface area is 253 Å². The average molecular weight is 630 g/mol. The Morgan fingerprint density at radius 1 is 0.867 bits per heavy atom. The molecule has 45 heavy (non-hydrogen) atoms. The van der Waals surface area contributed by atoms with Gasteiger partial charge in [0.2, 0.25) is 0 Å². The Morgan fingerprint density at radius 2 is 1.56 bits per heavy atom. The van der Waals surface area contributed by atoms with Crippen molar-refractivity contribution in [3.8, 4) is 17.6 Å². The Hall–Kier alpha value is -5.29. The van der Waals surface area contributed by atoms with Crippen LogP contribution in [-0.2, 0) is 30.8 Å². The van der Waals surface area contributed by atoms with Crippen LogP contribution in [0.4, 0.5) is 30.7 Å². The van der Waals surface area contributed by atoms with Crippen molar-refractivity contribution >= 4 is 0 Å². The number of halogens is 7. The second kappa shape index (κ2) is 12.4. The molecule has 7 nitrogen and oxygen atoms in total. The van der Waals surface area contributed by atoms with Gasteiger partial charge in [-0.05, 0) is 76.7 Å². The number of benzene rings is 3. The van der Waals surface area contributed by atoms with Gasteiger partial charge < -0.3 is 9.84 Å². The lowest BCUT2D eigenvalue weighted by atomic mass is 9.84. The third kappa shape index (κ3) is 6.94. The molecule has 0 fully saturated rings. The van der Waals surface area contributed by atoms with Crippen molar-refractivity contribution in [3.63, 3.8) is 0 Å². The molecule has 0 bridgehead atoms. The van der Waals surface area contributed by atoms with E-state index in [1.807, 2.05) is 0 Å². The number of pyridine rings is 1. The molecule has 0 aliphatic rings. The molecule has 2 heterocycles. The molecule has 0 saturated heterocycles. The van der Waals surface area contributed by atoms with E-state index in [0.717, 1.165) is 53.6 Å². The molecule has 0 aliphatic heterocycles. The fourth-order valence-corrected chi connectivity index (χ4v) is 4.13. The van der Waals surface area contributed by atoms with Gasteiger partial charge in [0.1, 0.15) is 36.0 Å². The molecule has 5 aromatic rings. The predicted octanol–water partition coefficient (Wildman–Crippen LogP) is 6.02. The first-order chi connectivity index (χ1) is 22.1. The van der Waals surface area contributed by atoms with Crippen molar-refractivity contribution in [2.24, 2.45) is 0 Å². The van der Waals surface area contributed by atoms with Gasteiger partial charge in [-0.1, -0.05) is 24.0 Å². The van der Waals surface area contributed by atoms with E-state index in [0.29, 0.717) is 17.7 Å². The molecule has 1 atom stereocenters. The van der Waals surface area contributed by atoms with Crippen molar-refractivity contribution in [3.05, 3.63) is 137 Å². The fraction of sp³-hybridized carbons (Fsp3) is 0.161. The highest BCUT2D eigenvalue weighted by Crippen LogP contribution is 2.46. The van der Waals surface area contributed by atoms with Gasteiger partial charge in [-0.2, -0.15) is 22.0 Å². The highest BCUT2D eigenvalue weighted by atomic mass is 19.4. The van der Waals surface area contributed by atoms with Crippen LogP contribution in [0.1, 0.15) is 36.3 Å². The molecule has 0 spiro atoms. The normalized spacial score (nSPS) is 14.0. The Kier molecular flexibility index (Phi) is 7.83. The lowest BCUT2D eigenvalue weighted by Gasteiger charge is -2.35. The summed E-state index contributed by atoms with van der Waals surface area (Å²) < 4.78 is 121. The lowest BCUT2D eigenvalue weighted by Crippen LogP contribution is -2.48. The van der Waals surface area contributed by atoms with Gasteiger partial charge >= 0.3 is 12.1 Å². The highest BCUT2D eigenvalue weighted by molar-refractivity contribution is 5.44. The van der Waals surface area contributed by atoms with Gasteiger partial charge in [-0.25, -0.2) is 13.5 Å². The van der Waals surface area contributed by atoms with E-state index in [1.54, 1.807) is 0 Å². The third-order valence-corrected chi connectivity index (χ3v) is 6.47. The quantitative estimate of drug-likeness (QED) is 0.167. The fourth-order valence-electron chi connectivity index (χ4n) is 4.13. The number of nitrogens with zero attached hydrogens (tertiary/aromatic N) is 5. The van der Waals surface area contributed by atoms with Crippen LogP contribution in [0.2, 0.25) is 0 Å². The Bertz CT molecular complexity index is 1910. The average Bonchev–Trinajstić information content (AvgIpc) is 3.53. The van der Waals surface area contributed by atoms with E-state index in [1.165, 1.54) is 30.3 Å². The summed E-state index contributed by atoms with van der Waals surface area (Å²) in [7, 11) is 0. The van der Waals surface area contributed by atoms with Gasteiger partial charge in [0.05, 0.1) is 14.8 Å². The molecule has 230 valence electrons. The third-order valence-electron chi connectivity index (χ3n) is 6.47. The number of hydrogen-bond donors (Lipinski definition) is 1. The zero-order valence-corrected chi connectivity index (χ0v) is 22.6. The van der Waals surface area contributed by atoms with E-state index in [2.05, 4.69) is 32.4 Å². The second-order valence-corrected chi connectivity index (χ2v) is 9.55. The number of alkyl halides is 5.